The summed E-state index contributed by atoms with van der Waals surface area (Å²) in [6.45, 7) is 6.93. The molecule has 1 aliphatic heterocycles. The van der Waals surface area contributed by atoms with E-state index in [0.29, 0.717) is 24.4 Å². The number of nitrogens with one attached hydrogen (secondary N) is 2. The molecule has 2 N–H and O–H groups in total. The molecule has 1 saturated heterocycles. The van der Waals surface area contributed by atoms with Gasteiger partial charge in [-0.2, -0.15) is 0 Å². The predicted molar refractivity (Wildman–Crippen MR) is 116 cm³/mol. The fourth-order valence-corrected chi connectivity index (χ4v) is 6.04. The molecule has 2 aromatic carbocycles. The molecule has 0 radical (unpaired) electrons. The summed E-state index contributed by atoms with van der Waals surface area (Å²) in [5.41, 5.74) is 2.42. The molecule has 0 saturated carbocycles. The molecule has 0 aromatic heterocycles. The van der Waals surface area contributed by atoms with Crippen LogP contribution in [0.5, 0.6) is 0 Å². The number of nitrogens with zero attached hydrogens (tertiary/aromatic N) is 1. The van der Waals surface area contributed by atoms with Crippen molar-refractivity contribution in [3.63, 3.8) is 0 Å². The molecule has 1 aliphatic carbocycles. The van der Waals surface area contributed by atoms with Gasteiger partial charge >= 0.3 is 0 Å². The molecule has 1 heterocycles. The van der Waals surface area contributed by atoms with E-state index < -0.39 is 10.0 Å². The minimum atomic E-state index is -3.60. The molecule has 0 spiro atoms. The molecule has 0 bridgehead atoms. The number of carbonyl (C=O) groups is 1. The van der Waals surface area contributed by atoms with Crippen LogP contribution in [0.1, 0.15) is 31.0 Å². The molecule has 2 atom stereocenters. The van der Waals surface area contributed by atoms with Crippen LogP contribution in [0.4, 0.5) is 0 Å². The summed E-state index contributed by atoms with van der Waals surface area (Å²) in [6.07, 6.45) is 0.686. The van der Waals surface area contributed by atoms with Crippen molar-refractivity contribution in [1.82, 2.24) is 9.62 Å². The van der Waals surface area contributed by atoms with Gasteiger partial charge in [-0.3, -0.25) is 4.79 Å². The fraction of sp³-hybridized carbons (Fsp3) is 0.435. The summed E-state index contributed by atoms with van der Waals surface area (Å²) in [4.78, 5) is 15.9. The van der Waals surface area contributed by atoms with Gasteiger partial charge in [-0.1, -0.05) is 56.3 Å². The highest BCUT2D eigenvalue weighted by Crippen LogP contribution is 2.30. The number of hydrogen-bond donors (Lipinski definition) is 2. The van der Waals surface area contributed by atoms with E-state index in [2.05, 4.69) is 16.9 Å². The lowest BCUT2D eigenvalue weighted by atomic mass is 10.0. The Morgan fingerprint density at radius 3 is 2.33 bits per heavy atom. The highest BCUT2D eigenvalue weighted by molar-refractivity contribution is 7.89. The smallest absolute Gasteiger partial charge is 0.241 e. The quantitative estimate of drug-likeness (QED) is 0.747. The Morgan fingerprint density at radius 2 is 1.67 bits per heavy atom. The average molecular weight is 429 g/mol. The third kappa shape index (κ3) is 4.15. The van der Waals surface area contributed by atoms with Gasteiger partial charge in [0.2, 0.25) is 15.9 Å². The first-order valence-electron chi connectivity index (χ1n) is 10.7. The van der Waals surface area contributed by atoms with Crippen LogP contribution in [-0.2, 0) is 21.2 Å². The number of fused-ring (bicyclic) bond motifs is 1. The normalized spacial score (nSPS) is 22.3. The molecule has 7 heteroatoms. The third-order valence-corrected chi connectivity index (χ3v) is 7.75. The molecule has 2 aliphatic rings. The summed E-state index contributed by atoms with van der Waals surface area (Å²) in [7, 11) is -3.60. The van der Waals surface area contributed by atoms with E-state index in [0.717, 1.165) is 13.1 Å². The first-order chi connectivity index (χ1) is 14.4. The molecule has 1 amide bonds. The molecular weight excluding hydrogens is 398 g/mol. The van der Waals surface area contributed by atoms with E-state index in [4.69, 9.17) is 0 Å². The maximum atomic E-state index is 13.0. The molecule has 6 nitrogen and oxygen atoms in total. The number of benzene rings is 2. The van der Waals surface area contributed by atoms with Crippen LogP contribution < -0.4 is 9.62 Å². The Bertz CT molecular complexity index is 999. The van der Waals surface area contributed by atoms with Gasteiger partial charge in [0.1, 0.15) is 6.04 Å². The van der Waals surface area contributed by atoms with Crippen LogP contribution in [0.25, 0.3) is 0 Å². The highest BCUT2D eigenvalue weighted by atomic mass is 32.2. The lowest BCUT2D eigenvalue weighted by molar-refractivity contribution is -0.936. The van der Waals surface area contributed by atoms with Gasteiger partial charge < -0.3 is 9.80 Å². The Balaban J connectivity index is 1.56. The van der Waals surface area contributed by atoms with Gasteiger partial charge in [-0.05, 0) is 24.1 Å². The Hall–Kier alpha value is -2.22. The maximum Gasteiger partial charge on any atom is 0.241 e. The first kappa shape index (κ1) is 21.0. The van der Waals surface area contributed by atoms with Crippen molar-refractivity contribution in [2.75, 3.05) is 26.2 Å². The largest absolute Gasteiger partial charge is 0.331 e. The number of quaternary nitrogens is 1. The van der Waals surface area contributed by atoms with Crippen molar-refractivity contribution in [3.05, 3.63) is 65.7 Å². The van der Waals surface area contributed by atoms with E-state index in [1.807, 2.05) is 36.9 Å². The van der Waals surface area contributed by atoms with Crippen LogP contribution in [0.3, 0.4) is 0 Å². The summed E-state index contributed by atoms with van der Waals surface area (Å²) in [5.74, 6) is 0.200. The second-order valence-corrected chi connectivity index (χ2v) is 10.3. The van der Waals surface area contributed by atoms with Crippen LogP contribution in [0.2, 0.25) is 0 Å². The van der Waals surface area contributed by atoms with Gasteiger partial charge in [0.15, 0.2) is 0 Å². The SMILES string of the molecule is CC(C)C(=O)N1CC[NH+]([C@@H]2c3ccccc3C[C@H]2NS(=O)(=O)c2ccccc2)CC1. The molecule has 4 rings (SSSR count). The van der Waals surface area contributed by atoms with Crippen LogP contribution in [-0.4, -0.2) is 51.4 Å². The van der Waals surface area contributed by atoms with Gasteiger partial charge in [-0.15, -0.1) is 0 Å². The van der Waals surface area contributed by atoms with Crippen molar-refractivity contribution >= 4 is 15.9 Å². The molecule has 0 unspecified atom stereocenters. The van der Waals surface area contributed by atoms with Gasteiger partial charge in [0.05, 0.1) is 37.1 Å². The number of amides is 1. The van der Waals surface area contributed by atoms with Crippen molar-refractivity contribution in [1.29, 1.82) is 0 Å². The fourth-order valence-electron chi connectivity index (χ4n) is 4.77. The summed E-state index contributed by atoms with van der Waals surface area (Å²) < 4.78 is 29.0. The molecule has 30 heavy (non-hydrogen) atoms. The highest BCUT2D eigenvalue weighted by Gasteiger charge is 2.43. The third-order valence-electron chi connectivity index (χ3n) is 6.24. The van der Waals surface area contributed by atoms with E-state index in [9.17, 15) is 13.2 Å². The Morgan fingerprint density at radius 1 is 1.03 bits per heavy atom. The van der Waals surface area contributed by atoms with Crippen molar-refractivity contribution < 1.29 is 18.1 Å². The Labute approximate surface area is 178 Å². The standard InChI is InChI=1S/C23H29N3O3S/c1-17(2)23(27)26-14-12-25(13-15-26)22-20-11-7-6-8-18(20)16-21(22)24-30(28,29)19-9-4-3-5-10-19/h3-11,17,21-22,24H,12-16H2,1-2H3/p+1/t21-,22-/m1/s1. The molecule has 2 aromatic rings. The number of sulfonamides is 1. The van der Waals surface area contributed by atoms with Gasteiger partial charge in [0.25, 0.3) is 0 Å². The lowest BCUT2D eigenvalue weighted by Crippen LogP contribution is -3.16. The maximum absolute atomic E-state index is 13.0. The van der Waals surface area contributed by atoms with E-state index >= 15 is 0 Å². The molecular formula is C23H30N3O3S+. The van der Waals surface area contributed by atoms with E-state index in [-0.39, 0.29) is 23.9 Å². The molecule has 1 fully saturated rings. The van der Waals surface area contributed by atoms with Crippen molar-refractivity contribution in [2.24, 2.45) is 5.92 Å². The van der Waals surface area contributed by atoms with Crippen molar-refractivity contribution in [2.45, 2.75) is 37.2 Å². The van der Waals surface area contributed by atoms with Crippen LogP contribution in [0, 0.1) is 5.92 Å². The topological polar surface area (TPSA) is 70.9 Å². The second-order valence-electron chi connectivity index (χ2n) is 8.56. The van der Waals surface area contributed by atoms with Crippen LogP contribution in [0.15, 0.2) is 59.5 Å². The number of carbonyl (C=O) groups excluding carboxylic acids is 1. The summed E-state index contributed by atoms with van der Waals surface area (Å²) in [6, 6.07) is 16.7. The van der Waals surface area contributed by atoms with Crippen LogP contribution >= 0.6 is 0 Å². The Kier molecular flexibility index (Phi) is 5.95. The summed E-state index contributed by atoms with van der Waals surface area (Å²) >= 11 is 0. The van der Waals surface area contributed by atoms with Gasteiger partial charge in [0, 0.05) is 11.5 Å². The minimum absolute atomic E-state index is 0.00388. The summed E-state index contributed by atoms with van der Waals surface area (Å²) in [5, 5.41) is 0. The zero-order valence-corrected chi connectivity index (χ0v) is 18.4. The van der Waals surface area contributed by atoms with E-state index in [1.165, 1.54) is 16.0 Å². The minimum Gasteiger partial charge on any atom is -0.331 e. The van der Waals surface area contributed by atoms with Gasteiger partial charge in [-0.25, -0.2) is 13.1 Å². The monoisotopic (exact) mass is 428 g/mol. The number of rotatable bonds is 5. The second kappa shape index (κ2) is 8.49. The van der Waals surface area contributed by atoms with E-state index in [1.54, 1.807) is 24.3 Å². The average Bonchev–Trinajstić information content (AvgIpc) is 3.11. The molecule has 160 valence electrons. The number of hydrogen-bond acceptors (Lipinski definition) is 3. The predicted octanol–water partition coefficient (Wildman–Crippen LogP) is 1.01. The first-order valence-corrected chi connectivity index (χ1v) is 12.1. The van der Waals surface area contributed by atoms with Crippen molar-refractivity contribution in [3.8, 4) is 0 Å². The zero-order chi connectivity index (χ0) is 21.3. The lowest BCUT2D eigenvalue weighted by Gasteiger charge is -2.38. The zero-order valence-electron chi connectivity index (χ0n) is 17.5. The number of piperazine rings is 1.